The molecule has 0 aromatic heterocycles. The van der Waals surface area contributed by atoms with Gasteiger partial charge >= 0.3 is 123 Å². The van der Waals surface area contributed by atoms with Gasteiger partial charge in [0.2, 0.25) is 0 Å². The van der Waals surface area contributed by atoms with Crippen molar-refractivity contribution >= 4 is 28.5 Å². The van der Waals surface area contributed by atoms with Crippen LogP contribution in [0.25, 0.3) is 6.08 Å². The van der Waals surface area contributed by atoms with Crippen molar-refractivity contribution in [3.8, 4) is 0 Å². The third-order valence-electron chi connectivity index (χ3n) is 6.08. The molecule has 0 spiro atoms. The first kappa shape index (κ1) is 25.9. The standard InChI is InChI=1S/C28H34ClN3O2S/c1-21(2)35(33)31-14-13-30-19-23-3-6-25-18-27(10-7-24(25)17-23)32-15-11-28(12-16-32)34-20-22-4-8-26(29)9-5-22/h3-6,8-9,11-12,15,17-18,21,30-31H,7,10,13-14,16,19-20H2,1-2H3. The molecule has 0 unspecified atom stereocenters. The molecule has 35 heavy (non-hydrogen) atoms. The Labute approximate surface area is 216 Å². The number of hydrogen-bond donors (Lipinski definition) is 2. The number of hydrogen-bond acceptors (Lipinski definition) is 5. The summed E-state index contributed by atoms with van der Waals surface area (Å²) >= 11 is 5.95. The molecule has 0 bridgehead atoms. The molecule has 2 aliphatic rings. The molecule has 0 radical (unpaired) electrons. The maximum absolute atomic E-state index is 11.7. The summed E-state index contributed by atoms with van der Waals surface area (Å²) in [4.78, 5) is 2.29. The van der Waals surface area contributed by atoms with Crippen LogP contribution in [0.5, 0.6) is 0 Å². The first-order valence-corrected chi connectivity index (χ1v) is 13.8. The molecule has 2 aromatic rings. The fourth-order valence-electron chi connectivity index (χ4n) is 4.05. The third-order valence-corrected chi connectivity index (χ3v) is 7.68. The van der Waals surface area contributed by atoms with Crippen molar-refractivity contribution in [3.63, 3.8) is 0 Å². The molecule has 1 aliphatic heterocycles. The van der Waals surface area contributed by atoms with E-state index in [9.17, 15) is 4.04 Å². The number of benzene rings is 2. The van der Waals surface area contributed by atoms with Crippen LogP contribution in [0.15, 0.2) is 72.3 Å². The summed E-state index contributed by atoms with van der Waals surface area (Å²) in [6.45, 7) is 7.57. The van der Waals surface area contributed by atoms with E-state index in [0.717, 1.165) is 48.8 Å². The van der Waals surface area contributed by atoms with Gasteiger partial charge in [-0.05, 0) is 29.8 Å². The summed E-state index contributed by atoms with van der Waals surface area (Å²) in [7, 11) is -0.959. The second kappa shape index (κ2) is 12.7. The van der Waals surface area contributed by atoms with Crippen molar-refractivity contribution in [2.75, 3.05) is 19.6 Å². The number of nitrogens with zero attached hydrogens (tertiary/aromatic N) is 1. The topological polar surface area (TPSA) is 56.4 Å². The molecule has 0 fully saturated rings. The van der Waals surface area contributed by atoms with Crippen LogP contribution in [0.4, 0.5) is 0 Å². The first-order valence-electron chi connectivity index (χ1n) is 12.2. The number of nitrogens with one attached hydrogen (secondary N) is 2. The number of rotatable bonds is 9. The Morgan fingerprint density at radius 3 is 2.63 bits per heavy atom. The second-order valence-corrected chi connectivity index (χ2v) is 11.3. The number of ether oxygens (including phenoxy) is 1. The molecular formula is C28H34ClN3O2S. The molecule has 0 amide bonds. The Bertz CT molecular complexity index is 1180. The van der Waals surface area contributed by atoms with Gasteiger partial charge in [0.05, 0.1) is 0 Å². The van der Waals surface area contributed by atoms with Crippen LogP contribution in [0, 0.1) is 0 Å². The molecule has 1 aliphatic carbocycles. The predicted molar refractivity (Wildman–Crippen MR) is 146 cm³/mol. The van der Waals surface area contributed by atoms with E-state index in [1.54, 1.807) is 0 Å². The van der Waals surface area contributed by atoms with Crippen LogP contribution >= 0.6 is 11.6 Å². The van der Waals surface area contributed by atoms with Gasteiger partial charge < -0.3 is 9.64 Å². The summed E-state index contributed by atoms with van der Waals surface area (Å²) < 4.78 is 20.7. The Morgan fingerprint density at radius 1 is 1.09 bits per heavy atom. The van der Waals surface area contributed by atoms with E-state index in [4.69, 9.17) is 16.3 Å². The molecule has 1 heterocycles. The maximum atomic E-state index is 11.7. The average molecular weight is 512 g/mol. The second-order valence-electron chi connectivity index (χ2n) is 9.08. The van der Waals surface area contributed by atoms with Gasteiger partial charge in [0.25, 0.3) is 0 Å². The number of aryl methyl sites for hydroxylation is 1. The number of halogens is 1. The van der Waals surface area contributed by atoms with Crippen molar-refractivity contribution in [2.24, 2.45) is 0 Å². The van der Waals surface area contributed by atoms with Crippen molar-refractivity contribution in [3.05, 3.63) is 99.5 Å². The zero-order valence-electron chi connectivity index (χ0n) is 20.4. The van der Waals surface area contributed by atoms with Crippen molar-refractivity contribution in [1.82, 2.24) is 14.9 Å². The summed E-state index contributed by atoms with van der Waals surface area (Å²) in [5.74, 6) is 0.899. The Kier molecular flexibility index (Phi) is 9.35. The van der Waals surface area contributed by atoms with E-state index in [1.807, 2.05) is 44.2 Å². The van der Waals surface area contributed by atoms with Crippen LogP contribution in [0.2, 0.25) is 5.02 Å². The molecule has 186 valence electrons. The van der Waals surface area contributed by atoms with Crippen LogP contribution in [0.3, 0.4) is 0 Å². The van der Waals surface area contributed by atoms with Gasteiger partial charge in [0.1, 0.15) is 12.4 Å². The Hall–Kier alpha value is -2.22. The fourth-order valence-corrected chi connectivity index (χ4v) is 4.82. The van der Waals surface area contributed by atoms with Crippen LogP contribution in [-0.2, 0) is 39.2 Å². The molecule has 0 saturated carbocycles. The third kappa shape index (κ3) is 7.63. The van der Waals surface area contributed by atoms with E-state index in [1.165, 1.54) is 22.4 Å². The summed E-state index contributed by atoms with van der Waals surface area (Å²) in [5.41, 5.74) is 6.42. The minimum atomic E-state index is -0.959. The van der Waals surface area contributed by atoms with Crippen LogP contribution < -0.4 is 10.0 Å². The van der Waals surface area contributed by atoms with Gasteiger partial charge in [-0.1, -0.05) is 23.7 Å². The minimum absolute atomic E-state index is 0.139. The molecule has 4 rings (SSSR count). The molecule has 7 heteroatoms. The monoisotopic (exact) mass is 511 g/mol. The van der Waals surface area contributed by atoms with Crippen molar-refractivity contribution in [1.29, 1.82) is 0 Å². The summed E-state index contributed by atoms with van der Waals surface area (Å²) in [5, 5.41) is 4.31. The molecule has 0 atom stereocenters. The normalized spacial score (nSPS) is 15.3. The van der Waals surface area contributed by atoms with E-state index in [2.05, 4.69) is 51.5 Å². The summed E-state index contributed by atoms with van der Waals surface area (Å²) in [6.07, 6.45) is 10.7. The number of fused-ring (bicyclic) bond motifs is 1. The van der Waals surface area contributed by atoms with E-state index < -0.39 is 10.8 Å². The predicted octanol–water partition coefficient (Wildman–Crippen LogP) is 5.52. The first-order chi connectivity index (χ1) is 17.0. The fraction of sp³-hybridized carbons (Fsp3) is 0.357. The Morgan fingerprint density at radius 2 is 1.89 bits per heavy atom. The molecule has 5 nitrogen and oxygen atoms in total. The zero-order chi connectivity index (χ0) is 24.6. The summed E-state index contributed by atoms with van der Waals surface area (Å²) in [6, 6.07) is 14.5. The quantitative estimate of drug-likeness (QED) is 0.264. The van der Waals surface area contributed by atoms with Crippen molar-refractivity contribution < 1.29 is 8.78 Å². The van der Waals surface area contributed by atoms with Gasteiger partial charge in [0.15, 0.2) is 0 Å². The molecule has 2 aromatic carbocycles. The average Bonchev–Trinajstić information content (AvgIpc) is 2.88. The van der Waals surface area contributed by atoms with E-state index in [0.29, 0.717) is 13.2 Å². The van der Waals surface area contributed by atoms with E-state index in [-0.39, 0.29) is 5.25 Å². The number of allylic oxidation sites excluding steroid dienone is 2. The van der Waals surface area contributed by atoms with Gasteiger partial charge in [-0.25, -0.2) is 0 Å². The van der Waals surface area contributed by atoms with Crippen molar-refractivity contribution in [2.45, 2.75) is 45.1 Å². The van der Waals surface area contributed by atoms with Gasteiger partial charge in [0, 0.05) is 17.8 Å². The zero-order valence-corrected chi connectivity index (χ0v) is 22.0. The molecule has 0 saturated heterocycles. The molecular weight excluding hydrogens is 478 g/mol. The van der Waals surface area contributed by atoms with Gasteiger partial charge in [-0.3, -0.25) is 0 Å². The SMILES string of the molecule is CC(C)[S-](#[O+])NCCNCc1ccc2c(c1)CCC(N1C=CC(OCc3ccc(Cl)cc3)=CC1)=C2. The van der Waals surface area contributed by atoms with Crippen LogP contribution in [-0.4, -0.2) is 29.8 Å². The van der Waals surface area contributed by atoms with E-state index >= 15 is 0 Å². The van der Waals surface area contributed by atoms with Crippen LogP contribution in [0.1, 0.15) is 42.5 Å². The van der Waals surface area contributed by atoms with Gasteiger partial charge in [-0.15, -0.1) is 0 Å². The molecule has 2 N–H and O–H groups in total. The Balaban J connectivity index is 1.25. The van der Waals surface area contributed by atoms with Gasteiger partial charge in [-0.2, -0.15) is 0 Å².